The van der Waals surface area contributed by atoms with Gasteiger partial charge in [0.15, 0.2) is 5.82 Å². The van der Waals surface area contributed by atoms with Gasteiger partial charge in [-0.05, 0) is 26.3 Å². The van der Waals surface area contributed by atoms with Crippen molar-refractivity contribution in [3.8, 4) is 0 Å². The molecule has 0 amide bonds. The van der Waals surface area contributed by atoms with E-state index < -0.39 is 0 Å². The van der Waals surface area contributed by atoms with Gasteiger partial charge in [-0.1, -0.05) is 0 Å². The molecule has 0 radical (unpaired) electrons. The van der Waals surface area contributed by atoms with E-state index in [0.717, 1.165) is 11.3 Å². The number of hydrogen-bond acceptors (Lipinski definition) is 5. The van der Waals surface area contributed by atoms with Gasteiger partial charge in [0, 0.05) is 7.05 Å². The molecule has 0 saturated carbocycles. The first-order valence-electron chi connectivity index (χ1n) is 5.42. The third-order valence-corrected chi connectivity index (χ3v) is 2.96. The molecule has 0 aromatic carbocycles. The van der Waals surface area contributed by atoms with E-state index in [0.29, 0.717) is 11.4 Å². The van der Waals surface area contributed by atoms with Crippen molar-refractivity contribution in [3.63, 3.8) is 0 Å². The van der Waals surface area contributed by atoms with Crippen LogP contribution >= 0.6 is 0 Å². The second-order valence-electron chi connectivity index (χ2n) is 4.17. The number of likely N-dealkylation sites (N-methyl/N-ethyl adjacent to an activating group) is 1. The van der Waals surface area contributed by atoms with Crippen LogP contribution in [0.15, 0.2) is 0 Å². The van der Waals surface area contributed by atoms with Gasteiger partial charge in [0.2, 0.25) is 0 Å². The molecule has 4 N–H and O–H groups in total. The number of nitrogens with zero attached hydrogens (tertiary/aromatic N) is 3. The second-order valence-corrected chi connectivity index (χ2v) is 4.17. The average Bonchev–Trinajstić information content (AvgIpc) is 2.29. The van der Waals surface area contributed by atoms with E-state index in [1.807, 2.05) is 20.8 Å². The number of aliphatic hydroxyl groups is 1. The molecular weight excluding hydrogens is 218 g/mol. The van der Waals surface area contributed by atoms with E-state index in [2.05, 4.69) is 10.2 Å². The molecule has 0 aliphatic carbocycles. The molecule has 1 unspecified atom stereocenters. The van der Waals surface area contributed by atoms with Crippen molar-refractivity contribution in [1.29, 1.82) is 5.41 Å². The van der Waals surface area contributed by atoms with Crippen molar-refractivity contribution in [2.75, 3.05) is 18.6 Å². The summed E-state index contributed by atoms with van der Waals surface area (Å²) >= 11 is 0. The lowest BCUT2D eigenvalue weighted by molar-refractivity contribution is 0.269. The van der Waals surface area contributed by atoms with Gasteiger partial charge >= 0.3 is 0 Å². The molecule has 0 spiro atoms. The highest BCUT2D eigenvalue weighted by Gasteiger charge is 2.19. The lowest BCUT2D eigenvalue weighted by Crippen LogP contribution is -2.35. The van der Waals surface area contributed by atoms with Crippen LogP contribution in [-0.2, 0) is 0 Å². The van der Waals surface area contributed by atoms with Crippen molar-refractivity contribution in [2.45, 2.75) is 26.8 Å². The van der Waals surface area contributed by atoms with Gasteiger partial charge < -0.3 is 15.7 Å². The van der Waals surface area contributed by atoms with Crippen molar-refractivity contribution in [2.24, 2.45) is 5.73 Å². The van der Waals surface area contributed by atoms with Crippen LogP contribution in [0, 0.1) is 19.3 Å². The van der Waals surface area contributed by atoms with E-state index in [-0.39, 0.29) is 18.5 Å². The van der Waals surface area contributed by atoms with E-state index in [4.69, 9.17) is 16.2 Å². The van der Waals surface area contributed by atoms with E-state index in [9.17, 15) is 0 Å². The molecular formula is C11H19N5O. The van der Waals surface area contributed by atoms with Crippen LogP contribution < -0.4 is 10.6 Å². The molecule has 1 aromatic heterocycles. The molecule has 6 heteroatoms. The molecule has 17 heavy (non-hydrogen) atoms. The largest absolute Gasteiger partial charge is 0.394 e. The smallest absolute Gasteiger partial charge is 0.162 e. The summed E-state index contributed by atoms with van der Waals surface area (Å²) < 4.78 is 0. The summed E-state index contributed by atoms with van der Waals surface area (Å²) in [7, 11) is 1.80. The van der Waals surface area contributed by atoms with Crippen molar-refractivity contribution >= 4 is 11.7 Å². The molecule has 0 saturated heterocycles. The molecule has 94 valence electrons. The zero-order valence-electron chi connectivity index (χ0n) is 10.7. The van der Waals surface area contributed by atoms with Gasteiger partial charge in [-0.3, -0.25) is 5.41 Å². The Hall–Kier alpha value is -1.69. The summed E-state index contributed by atoms with van der Waals surface area (Å²) in [5.41, 5.74) is 7.77. The summed E-state index contributed by atoms with van der Waals surface area (Å²) in [6, 6.07) is -0.107. The van der Waals surface area contributed by atoms with Crippen LogP contribution in [0.1, 0.15) is 23.7 Å². The average molecular weight is 237 g/mol. The number of nitrogens with one attached hydrogen (secondary N) is 1. The maximum absolute atomic E-state index is 9.15. The number of hydrogen-bond donors (Lipinski definition) is 3. The van der Waals surface area contributed by atoms with Gasteiger partial charge in [-0.2, -0.15) is 5.10 Å². The zero-order valence-corrected chi connectivity index (χ0v) is 10.7. The minimum atomic E-state index is -0.107. The number of aryl methyl sites for hydroxylation is 1. The third kappa shape index (κ3) is 2.52. The first-order chi connectivity index (χ1) is 7.90. The molecule has 1 aromatic rings. The lowest BCUT2D eigenvalue weighted by Gasteiger charge is -2.26. The Balaban J connectivity index is 3.34. The highest BCUT2D eigenvalue weighted by Crippen LogP contribution is 2.21. The molecule has 1 rings (SSSR count). The molecule has 6 nitrogen and oxygen atoms in total. The predicted octanol–water partition coefficient (Wildman–Crippen LogP) is 0.195. The van der Waals surface area contributed by atoms with E-state index >= 15 is 0 Å². The number of nitrogens with two attached hydrogens (primary N) is 1. The predicted molar refractivity (Wildman–Crippen MR) is 67.5 cm³/mol. The summed E-state index contributed by atoms with van der Waals surface area (Å²) in [6.07, 6.45) is 0. The Morgan fingerprint density at radius 2 is 2.06 bits per heavy atom. The van der Waals surface area contributed by atoms with Crippen LogP contribution in [0.4, 0.5) is 5.82 Å². The highest BCUT2D eigenvalue weighted by molar-refractivity contribution is 6.01. The number of nitrogen functional groups attached to an aromatic ring is 1. The van der Waals surface area contributed by atoms with Crippen molar-refractivity contribution in [3.05, 3.63) is 16.8 Å². The Labute approximate surface area is 101 Å². The van der Waals surface area contributed by atoms with Crippen molar-refractivity contribution < 1.29 is 5.11 Å². The minimum absolute atomic E-state index is 0.00243. The van der Waals surface area contributed by atoms with Crippen LogP contribution in [0.25, 0.3) is 0 Å². The number of aliphatic hydroxyl groups excluding tert-OH is 1. The van der Waals surface area contributed by atoms with Crippen LogP contribution in [0.3, 0.4) is 0 Å². The maximum atomic E-state index is 9.15. The molecule has 1 atom stereocenters. The standard InChI is InChI=1S/C11H19N5O/c1-6(5-17)16(4)11-9(10(12)13)7(2)8(3)14-15-11/h6,17H,5H2,1-4H3,(H3,12,13). The molecule has 1 heterocycles. The van der Waals surface area contributed by atoms with Crippen molar-refractivity contribution in [1.82, 2.24) is 10.2 Å². The van der Waals surface area contributed by atoms with E-state index in [1.54, 1.807) is 11.9 Å². The molecule has 0 fully saturated rings. The first-order valence-corrected chi connectivity index (χ1v) is 5.42. The normalized spacial score (nSPS) is 12.3. The second kappa shape index (κ2) is 5.09. The minimum Gasteiger partial charge on any atom is -0.394 e. The Morgan fingerprint density at radius 1 is 1.47 bits per heavy atom. The van der Waals surface area contributed by atoms with Crippen LogP contribution in [0.2, 0.25) is 0 Å². The summed E-state index contributed by atoms with van der Waals surface area (Å²) in [5, 5.41) is 24.9. The Kier molecular flexibility index (Phi) is 4.01. The molecule has 0 bridgehead atoms. The molecule has 0 aliphatic rings. The SMILES string of the molecule is Cc1nnc(N(C)C(C)CO)c(C(=N)N)c1C. The number of aromatic nitrogens is 2. The number of anilines is 1. The van der Waals surface area contributed by atoms with E-state index in [1.165, 1.54) is 0 Å². The fourth-order valence-corrected chi connectivity index (χ4v) is 1.50. The van der Waals surface area contributed by atoms with Gasteiger partial charge in [0.25, 0.3) is 0 Å². The Morgan fingerprint density at radius 3 is 2.53 bits per heavy atom. The number of amidine groups is 1. The topological polar surface area (TPSA) is 99.1 Å². The van der Waals surface area contributed by atoms with Gasteiger partial charge in [-0.25, -0.2) is 0 Å². The maximum Gasteiger partial charge on any atom is 0.162 e. The van der Waals surface area contributed by atoms with Gasteiger partial charge in [-0.15, -0.1) is 5.10 Å². The summed E-state index contributed by atoms with van der Waals surface area (Å²) in [5.74, 6) is 0.495. The summed E-state index contributed by atoms with van der Waals surface area (Å²) in [4.78, 5) is 1.77. The number of rotatable bonds is 4. The van der Waals surface area contributed by atoms with Crippen LogP contribution in [-0.4, -0.2) is 40.8 Å². The molecule has 0 aliphatic heterocycles. The zero-order chi connectivity index (χ0) is 13.2. The fourth-order valence-electron chi connectivity index (χ4n) is 1.50. The fraction of sp³-hybridized carbons (Fsp3) is 0.545. The first kappa shape index (κ1) is 13.4. The quantitative estimate of drug-likeness (QED) is 0.513. The highest BCUT2D eigenvalue weighted by atomic mass is 16.3. The Bertz CT molecular complexity index is 432. The van der Waals surface area contributed by atoms with Gasteiger partial charge in [0.05, 0.1) is 23.9 Å². The monoisotopic (exact) mass is 237 g/mol. The summed E-state index contributed by atoms with van der Waals surface area (Å²) in [6.45, 7) is 5.55. The lowest BCUT2D eigenvalue weighted by atomic mass is 10.1. The van der Waals surface area contributed by atoms with Crippen LogP contribution in [0.5, 0.6) is 0 Å². The van der Waals surface area contributed by atoms with Gasteiger partial charge in [0.1, 0.15) is 5.84 Å². The third-order valence-electron chi connectivity index (χ3n) is 2.96.